The monoisotopic (exact) mass is 390 g/mol. The fraction of sp³-hybridized carbons (Fsp3) is 0.261. The van der Waals surface area contributed by atoms with Crippen LogP contribution in [0.5, 0.6) is 5.75 Å². The first kappa shape index (κ1) is 18.9. The first-order valence-corrected chi connectivity index (χ1v) is 9.58. The largest absolute Gasteiger partial charge is 0.487 e. The van der Waals surface area contributed by atoms with Gasteiger partial charge in [0.05, 0.1) is 23.9 Å². The number of methoxy groups -OCH3 is 1. The molecule has 0 atom stereocenters. The van der Waals surface area contributed by atoms with Crippen molar-refractivity contribution in [2.24, 2.45) is 0 Å². The van der Waals surface area contributed by atoms with Crippen LogP contribution in [0.1, 0.15) is 34.5 Å². The Hall–Kier alpha value is -3.41. The third kappa shape index (κ3) is 3.66. The third-order valence-corrected chi connectivity index (χ3v) is 5.19. The lowest BCUT2D eigenvalue weighted by molar-refractivity contribution is -0.117. The summed E-state index contributed by atoms with van der Waals surface area (Å²) in [6.45, 7) is 2.73. The average molecular weight is 390 g/mol. The number of esters is 1. The van der Waals surface area contributed by atoms with Crippen molar-refractivity contribution in [2.75, 3.05) is 18.6 Å². The maximum absolute atomic E-state index is 12.4. The number of anilines is 1. The molecule has 1 fully saturated rings. The van der Waals surface area contributed by atoms with Crippen LogP contribution in [-0.2, 0) is 16.1 Å². The van der Waals surface area contributed by atoms with Gasteiger partial charge in [-0.1, -0.05) is 24.3 Å². The Morgan fingerprint density at radius 1 is 1.17 bits per heavy atom. The van der Waals surface area contributed by atoms with Crippen molar-refractivity contribution in [1.29, 1.82) is 0 Å². The molecule has 0 saturated carbocycles. The molecule has 2 aromatic carbocycles. The van der Waals surface area contributed by atoms with Gasteiger partial charge in [0.15, 0.2) is 0 Å². The number of aryl methyl sites for hydroxylation is 1. The molecule has 0 N–H and O–H groups in total. The van der Waals surface area contributed by atoms with E-state index in [9.17, 15) is 9.59 Å². The number of rotatable bonds is 5. The lowest BCUT2D eigenvalue weighted by atomic mass is 10.0. The summed E-state index contributed by atoms with van der Waals surface area (Å²) in [5.41, 5.74) is 3.39. The highest BCUT2D eigenvalue weighted by Crippen LogP contribution is 2.27. The van der Waals surface area contributed by atoms with Gasteiger partial charge in [-0.05, 0) is 37.1 Å². The van der Waals surface area contributed by atoms with Crippen LogP contribution in [0.4, 0.5) is 5.69 Å². The van der Waals surface area contributed by atoms with Gasteiger partial charge in [-0.3, -0.25) is 4.79 Å². The fourth-order valence-electron chi connectivity index (χ4n) is 3.73. The van der Waals surface area contributed by atoms with Gasteiger partial charge in [-0.15, -0.1) is 0 Å². The zero-order chi connectivity index (χ0) is 20.4. The summed E-state index contributed by atoms with van der Waals surface area (Å²) in [4.78, 5) is 30.8. The molecule has 2 heterocycles. The molecule has 0 aliphatic carbocycles. The van der Waals surface area contributed by atoms with Crippen LogP contribution < -0.4 is 9.64 Å². The van der Waals surface area contributed by atoms with Crippen LogP contribution in [0.2, 0.25) is 0 Å². The Morgan fingerprint density at radius 3 is 2.76 bits per heavy atom. The molecule has 1 amide bonds. The zero-order valence-corrected chi connectivity index (χ0v) is 16.5. The van der Waals surface area contributed by atoms with Gasteiger partial charge in [0.1, 0.15) is 12.4 Å². The van der Waals surface area contributed by atoms with Gasteiger partial charge in [-0.25, -0.2) is 9.78 Å². The molecule has 6 nitrogen and oxygen atoms in total. The van der Waals surface area contributed by atoms with E-state index in [2.05, 4.69) is 4.98 Å². The highest BCUT2D eigenvalue weighted by atomic mass is 16.5. The van der Waals surface area contributed by atoms with Crippen molar-refractivity contribution in [3.8, 4) is 5.75 Å². The molecule has 148 valence electrons. The van der Waals surface area contributed by atoms with Gasteiger partial charge >= 0.3 is 5.97 Å². The number of carbonyl (C=O) groups is 2. The number of benzene rings is 2. The maximum Gasteiger partial charge on any atom is 0.340 e. The summed E-state index contributed by atoms with van der Waals surface area (Å²) in [6, 6.07) is 15.1. The predicted octanol–water partition coefficient (Wildman–Crippen LogP) is 4.04. The minimum absolute atomic E-state index is 0.119. The number of aromatic nitrogens is 1. The van der Waals surface area contributed by atoms with Crippen LogP contribution in [0.15, 0.2) is 48.5 Å². The molecule has 29 heavy (non-hydrogen) atoms. The van der Waals surface area contributed by atoms with E-state index in [0.717, 1.165) is 35.1 Å². The van der Waals surface area contributed by atoms with Crippen molar-refractivity contribution in [3.63, 3.8) is 0 Å². The molecule has 0 spiro atoms. The van der Waals surface area contributed by atoms with Crippen molar-refractivity contribution >= 4 is 28.5 Å². The lowest BCUT2D eigenvalue weighted by Gasteiger charge is -2.17. The normalized spacial score (nSPS) is 13.7. The number of carbonyl (C=O) groups excluding carboxylic acids is 2. The molecule has 3 aromatic rings. The summed E-state index contributed by atoms with van der Waals surface area (Å²) in [6.07, 6.45) is 1.44. The zero-order valence-electron chi connectivity index (χ0n) is 16.5. The summed E-state index contributed by atoms with van der Waals surface area (Å²) in [5, 5.41) is 0.909. The quantitative estimate of drug-likeness (QED) is 0.615. The first-order valence-electron chi connectivity index (χ1n) is 9.58. The molecule has 4 rings (SSSR count). The van der Waals surface area contributed by atoms with E-state index in [1.54, 1.807) is 4.90 Å². The molecule has 0 unspecified atom stereocenters. The lowest BCUT2D eigenvalue weighted by Crippen LogP contribution is -2.23. The van der Waals surface area contributed by atoms with Crippen molar-refractivity contribution < 1.29 is 19.1 Å². The van der Waals surface area contributed by atoms with Gasteiger partial charge in [-0.2, -0.15) is 0 Å². The predicted molar refractivity (Wildman–Crippen MR) is 110 cm³/mol. The van der Waals surface area contributed by atoms with Gasteiger partial charge in [0.25, 0.3) is 0 Å². The molecular formula is C23H22N2O4. The Morgan fingerprint density at radius 2 is 2.00 bits per heavy atom. The Labute approximate surface area is 169 Å². The fourth-order valence-corrected chi connectivity index (χ4v) is 3.73. The van der Waals surface area contributed by atoms with Gasteiger partial charge in [0.2, 0.25) is 5.91 Å². The second-order valence-electron chi connectivity index (χ2n) is 7.00. The van der Waals surface area contributed by atoms with Crippen LogP contribution >= 0.6 is 0 Å². The number of nitrogens with zero attached hydrogens (tertiary/aromatic N) is 2. The first-order chi connectivity index (χ1) is 14.1. The van der Waals surface area contributed by atoms with E-state index in [4.69, 9.17) is 9.47 Å². The smallest absolute Gasteiger partial charge is 0.340 e. The topological polar surface area (TPSA) is 68.7 Å². The molecule has 1 saturated heterocycles. The SMILES string of the molecule is COC(=O)c1c(COc2cccc(N3CCCC3=O)c2)nc2ccccc2c1C. The second kappa shape index (κ2) is 7.91. The van der Waals surface area contributed by atoms with E-state index in [-0.39, 0.29) is 12.5 Å². The number of amides is 1. The van der Waals surface area contributed by atoms with E-state index >= 15 is 0 Å². The number of fused-ring (bicyclic) bond motifs is 1. The van der Waals surface area contributed by atoms with Crippen LogP contribution in [0, 0.1) is 6.92 Å². The Balaban J connectivity index is 1.64. The van der Waals surface area contributed by atoms with Crippen LogP contribution in [0.25, 0.3) is 10.9 Å². The molecule has 1 aliphatic heterocycles. The van der Waals surface area contributed by atoms with E-state index in [1.165, 1.54) is 7.11 Å². The molecule has 6 heteroatoms. The third-order valence-electron chi connectivity index (χ3n) is 5.19. The minimum Gasteiger partial charge on any atom is -0.487 e. The van der Waals surface area contributed by atoms with E-state index < -0.39 is 5.97 Å². The highest BCUT2D eigenvalue weighted by molar-refractivity contribution is 5.98. The van der Waals surface area contributed by atoms with Crippen molar-refractivity contribution in [2.45, 2.75) is 26.4 Å². The van der Waals surface area contributed by atoms with Crippen LogP contribution in [-0.4, -0.2) is 30.5 Å². The average Bonchev–Trinajstić information content (AvgIpc) is 3.18. The summed E-state index contributed by atoms with van der Waals surface area (Å²) in [5.74, 6) is 0.309. The minimum atomic E-state index is -0.434. The molecule has 1 aromatic heterocycles. The summed E-state index contributed by atoms with van der Waals surface area (Å²) >= 11 is 0. The molecule has 1 aliphatic rings. The highest BCUT2D eigenvalue weighted by Gasteiger charge is 2.22. The maximum atomic E-state index is 12.4. The second-order valence-corrected chi connectivity index (χ2v) is 7.00. The van der Waals surface area contributed by atoms with Gasteiger partial charge < -0.3 is 14.4 Å². The Kier molecular flexibility index (Phi) is 5.16. The number of ether oxygens (including phenoxy) is 2. The number of hydrogen-bond acceptors (Lipinski definition) is 5. The summed E-state index contributed by atoms with van der Waals surface area (Å²) in [7, 11) is 1.36. The molecular weight excluding hydrogens is 368 g/mol. The van der Waals surface area contributed by atoms with E-state index in [0.29, 0.717) is 23.4 Å². The van der Waals surface area contributed by atoms with E-state index in [1.807, 2.05) is 55.5 Å². The number of para-hydroxylation sites is 1. The standard InChI is InChI=1S/C23H22N2O4/c1-15-18-9-3-4-10-19(18)24-20(22(15)23(27)28-2)14-29-17-8-5-7-16(13-17)25-12-6-11-21(25)26/h3-5,7-10,13H,6,11-12,14H2,1-2H3. The number of pyridine rings is 1. The molecule has 0 bridgehead atoms. The van der Waals surface area contributed by atoms with Crippen molar-refractivity contribution in [3.05, 3.63) is 65.4 Å². The Bertz CT molecular complexity index is 1090. The molecule has 0 radical (unpaired) electrons. The van der Waals surface area contributed by atoms with Crippen molar-refractivity contribution in [1.82, 2.24) is 4.98 Å². The van der Waals surface area contributed by atoms with Gasteiger partial charge in [0, 0.05) is 30.1 Å². The number of hydrogen-bond donors (Lipinski definition) is 0. The van der Waals surface area contributed by atoms with Crippen LogP contribution in [0.3, 0.4) is 0 Å². The summed E-state index contributed by atoms with van der Waals surface area (Å²) < 4.78 is 10.9.